The summed E-state index contributed by atoms with van der Waals surface area (Å²) in [6.45, 7) is 2.29. The van der Waals surface area contributed by atoms with E-state index in [1.165, 1.54) is 19.3 Å². The van der Waals surface area contributed by atoms with E-state index < -0.39 is 0 Å². The van der Waals surface area contributed by atoms with E-state index in [-0.39, 0.29) is 5.97 Å². The lowest BCUT2D eigenvalue weighted by molar-refractivity contribution is -0.139. The van der Waals surface area contributed by atoms with Crippen molar-refractivity contribution in [1.82, 2.24) is 0 Å². The van der Waals surface area contributed by atoms with Gasteiger partial charge in [-0.25, -0.2) is 4.79 Å². The van der Waals surface area contributed by atoms with Crippen molar-refractivity contribution in [3.8, 4) is 0 Å². The lowest BCUT2D eigenvalue weighted by Gasteiger charge is -2.23. The molecule has 0 aliphatic heterocycles. The largest absolute Gasteiger partial charge is 0.463 e. The first kappa shape index (κ1) is 10.1. The average molecular weight is 212 g/mol. The van der Waals surface area contributed by atoms with Crippen molar-refractivity contribution in [2.45, 2.75) is 39.0 Å². The molecule has 1 spiro atoms. The first-order valence-corrected chi connectivity index (χ1v) is 5.70. The van der Waals surface area contributed by atoms with Crippen LogP contribution in [0.2, 0.25) is 0 Å². The van der Waals surface area contributed by atoms with Crippen LogP contribution >= 0.6 is 12.6 Å². The SMILES string of the molecule is CCOC(=O)C1=C(S)CCC2(CC2)C1. The second-order valence-electron chi connectivity index (χ2n) is 4.32. The van der Waals surface area contributed by atoms with Crippen molar-refractivity contribution in [2.75, 3.05) is 6.61 Å². The lowest BCUT2D eigenvalue weighted by Crippen LogP contribution is -2.17. The highest BCUT2D eigenvalue weighted by Gasteiger charge is 2.46. The Bertz CT molecular complexity index is 290. The van der Waals surface area contributed by atoms with Gasteiger partial charge in [0.05, 0.1) is 6.61 Å². The summed E-state index contributed by atoms with van der Waals surface area (Å²) in [6, 6.07) is 0. The molecule has 78 valence electrons. The standard InChI is InChI=1S/C11H16O2S/c1-2-13-10(12)8-7-11(5-6-11)4-3-9(8)14/h14H,2-7H2,1H3. The van der Waals surface area contributed by atoms with E-state index >= 15 is 0 Å². The first-order valence-electron chi connectivity index (χ1n) is 5.25. The molecule has 0 saturated heterocycles. The maximum atomic E-state index is 11.6. The van der Waals surface area contributed by atoms with Crippen molar-refractivity contribution in [2.24, 2.45) is 5.41 Å². The number of hydrogen-bond acceptors (Lipinski definition) is 3. The summed E-state index contributed by atoms with van der Waals surface area (Å²) in [7, 11) is 0. The molecule has 0 atom stereocenters. The Morgan fingerprint density at radius 3 is 2.79 bits per heavy atom. The maximum Gasteiger partial charge on any atom is 0.334 e. The van der Waals surface area contributed by atoms with Crippen LogP contribution in [0.15, 0.2) is 10.5 Å². The third-order valence-electron chi connectivity index (χ3n) is 3.27. The zero-order chi connectivity index (χ0) is 10.2. The Labute approximate surface area is 90.1 Å². The fourth-order valence-electron chi connectivity index (χ4n) is 2.11. The number of carbonyl (C=O) groups is 1. The highest BCUT2D eigenvalue weighted by atomic mass is 32.1. The summed E-state index contributed by atoms with van der Waals surface area (Å²) < 4.78 is 5.03. The van der Waals surface area contributed by atoms with Gasteiger partial charge in [-0.2, -0.15) is 0 Å². The first-order chi connectivity index (χ1) is 6.67. The van der Waals surface area contributed by atoms with Crippen molar-refractivity contribution in [1.29, 1.82) is 0 Å². The van der Waals surface area contributed by atoms with Crippen molar-refractivity contribution in [3.05, 3.63) is 10.5 Å². The van der Waals surface area contributed by atoms with Gasteiger partial charge in [0.25, 0.3) is 0 Å². The Morgan fingerprint density at radius 1 is 1.50 bits per heavy atom. The van der Waals surface area contributed by atoms with Gasteiger partial charge in [-0.1, -0.05) is 0 Å². The minimum Gasteiger partial charge on any atom is -0.463 e. The van der Waals surface area contributed by atoms with Crippen LogP contribution in [0, 0.1) is 5.41 Å². The molecule has 0 heterocycles. The molecule has 0 aromatic heterocycles. The summed E-state index contributed by atoms with van der Waals surface area (Å²) in [4.78, 5) is 12.5. The van der Waals surface area contributed by atoms with E-state index in [9.17, 15) is 4.79 Å². The molecular weight excluding hydrogens is 196 g/mol. The maximum absolute atomic E-state index is 11.6. The highest BCUT2D eigenvalue weighted by Crippen LogP contribution is 2.57. The van der Waals surface area contributed by atoms with Crippen molar-refractivity contribution in [3.63, 3.8) is 0 Å². The van der Waals surface area contributed by atoms with E-state index in [0.717, 1.165) is 23.3 Å². The Kier molecular flexibility index (Phi) is 2.60. The van der Waals surface area contributed by atoms with Gasteiger partial charge in [0, 0.05) is 5.57 Å². The molecule has 0 N–H and O–H groups in total. The van der Waals surface area contributed by atoms with Gasteiger partial charge >= 0.3 is 5.97 Å². The Morgan fingerprint density at radius 2 is 2.21 bits per heavy atom. The fraction of sp³-hybridized carbons (Fsp3) is 0.727. The van der Waals surface area contributed by atoms with Gasteiger partial charge in [0.2, 0.25) is 0 Å². The van der Waals surface area contributed by atoms with Gasteiger partial charge in [-0.3, -0.25) is 0 Å². The number of esters is 1. The van der Waals surface area contributed by atoms with Crippen LogP contribution in [0.3, 0.4) is 0 Å². The second-order valence-corrected chi connectivity index (χ2v) is 4.86. The molecule has 1 saturated carbocycles. The fourth-order valence-corrected chi connectivity index (χ4v) is 2.39. The number of ether oxygens (including phenoxy) is 1. The summed E-state index contributed by atoms with van der Waals surface area (Å²) >= 11 is 4.37. The summed E-state index contributed by atoms with van der Waals surface area (Å²) in [6.07, 6.45) is 5.60. The van der Waals surface area contributed by atoms with Crippen LogP contribution in [0.25, 0.3) is 0 Å². The van der Waals surface area contributed by atoms with Crippen LogP contribution in [-0.2, 0) is 9.53 Å². The Hall–Kier alpha value is -0.440. The minimum atomic E-state index is -0.150. The number of carbonyl (C=O) groups excluding carboxylic acids is 1. The zero-order valence-corrected chi connectivity index (χ0v) is 9.40. The van der Waals surface area contributed by atoms with Gasteiger partial charge in [0.1, 0.15) is 0 Å². The van der Waals surface area contributed by atoms with Crippen LogP contribution in [0.4, 0.5) is 0 Å². The van der Waals surface area contributed by atoms with Crippen LogP contribution < -0.4 is 0 Å². The molecule has 2 aliphatic carbocycles. The molecule has 14 heavy (non-hydrogen) atoms. The average Bonchev–Trinajstić information content (AvgIpc) is 2.91. The molecule has 0 amide bonds. The minimum absolute atomic E-state index is 0.150. The van der Waals surface area contributed by atoms with Gasteiger partial charge in [-0.05, 0) is 49.3 Å². The molecule has 3 heteroatoms. The number of rotatable bonds is 2. The van der Waals surface area contributed by atoms with E-state index in [1.54, 1.807) is 0 Å². The quantitative estimate of drug-likeness (QED) is 0.562. The highest BCUT2D eigenvalue weighted by molar-refractivity contribution is 7.84. The lowest BCUT2D eigenvalue weighted by atomic mass is 9.86. The molecular formula is C11H16O2S. The van der Waals surface area contributed by atoms with Crippen LogP contribution in [0.1, 0.15) is 39.0 Å². The molecule has 0 radical (unpaired) electrons. The molecule has 2 aliphatic rings. The monoisotopic (exact) mass is 212 g/mol. The van der Waals surface area contributed by atoms with E-state index in [2.05, 4.69) is 12.6 Å². The van der Waals surface area contributed by atoms with Crippen molar-refractivity contribution < 1.29 is 9.53 Å². The van der Waals surface area contributed by atoms with E-state index in [0.29, 0.717) is 12.0 Å². The van der Waals surface area contributed by atoms with Gasteiger partial charge in [0.15, 0.2) is 0 Å². The van der Waals surface area contributed by atoms with E-state index in [1.807, 2.05) is 6.92 Å². The number of hydrogen-bond donors (Lipinski definition) is 1. The molecule has 0 aromatic carbocycles. The molecule has 0 bridgehead atoms. The van der Waals surface area contributed by atoms with Crippen LogP contribution in [0.5, 0.6) is 0 Å². The summed E-state index contributed by atoms with van der Waals surface area (Å²) in [5.74, 6) is -0.150. The molecule has 0 aromatic rings. The predicted octanol–water partition coefficient (Wildman–Crippen LogP) is 2.70. The zero-order valence-electron chi connectivity index (χ0n) is 8.51. The van der Waals surface area contributed by atoms with E-state index in [4.69, 9.17) is 4.74 Å². The molecule has 1 fully saturated rings. The summed E-state index contributed by atoms with van der Waals surface area (Å²) in [5.41, 5.74) is 1.29. The molecule has 0 unspecified atom stereocenters. The number of allylic oxidation sites excluding steroid dienone is 1. The molecule has 2 nitrogen and oxygen atoms in total. The normalized spacial score (nSPS) is 23.9. The predicted molar refractivity (Wildman–Crippen MR) is 58.2 cm³/mol. The van der Waals surface area contributed by atoms with Crippen LogP contribution in [-0.4, -0.2) is 12.6 Å². The number of thiol groups is 1. The Balaban J connectivity index is 2.10. The van der Waals surface area contributed by atoms with Gasteiger partial charge in [-0.15, -0.1) is 12.6 Å². The third kappa shape index (κ3) is 1.83. The summed E-state index contributed by atoms with van der Waals surface area (Å²) in [5, 5.41) is 0. The molecule has 2 rings (SSSR count). The second kappa shape index (κ2) is 3.61. The van der Waals surface area contributed by atoms with Gasteiger partial charge < -0.3 is 4.74 Å². The topological polar surface area (TPSA) is 26.3 Å². The smallest absolute Gasteiger partial charge is 0.334 e. The van der Waals surface area contributed by atoms with Crippen molar-refractivity contribution >= 4 is 18.6 Å². The third-order valence-corrected chi connectivity index (χ3v) is 3.76.